The third-order valence-corrected chi connectivity index (χ3v) is 5.26. The third kappa shape index (κ3) is 6.27. The zero-order chi connectivity index (χ0) is 24.0. The molecule has 176 valence electrons. The monoisotopic (exact) mass is 453 g/mol. The Kier molecular flexibility index (Phi) is 7.97. The molecule has 1 aromatic carbocycles. The van der Waals surface area contributed by atoms with Crippen LogP contribution in [0.3, 0.4) is 0 Å². The van der Waals surface area contributed by atoms with E-state index in [0.29, 0.717) is 12.2 Å². The van der Waals surface area contributed by atoms with E-state index < -0.39 is 6.04 Å². The average Bonchev–Trinajstić information content (AvgIpc) is 3.22. The van der Waals surface area contributed by atoms with Gasteiger partial charge in [0.2, 0.25) is 5.91 Å². The number of aromatic nitrogens is 4. The highest BCUT2D eigenvalue weighted by molar-refractivity contribution is 5.78. The minimum absolute atomic E-state index is 0.0501. The quantitative estimate of drug-likeness (QED) is 0.469. The van der Waals surface area contributed by atoms with E-state index in [9.17, 15) is 9.59 Å². The molecule has 1 N–H and O–H groups in total. The van der Waals surface area contributed by atoms with Gasteiger partial charge in [0.25, 0.3) is 5.78 Å². The number of aryl methyl sites for hydroxylation is 2. The molecule has 0 aliphatic heterocycles. The van der Waals surface area contributed by atoms with E-state index in [-0.39, 0.29) is 37.4 Å². The highest BCUT2D eigenvalue weighted by Gasteiger charge is 2.20. The van der Waals surface area contributed by atoms with Gasteiger partial charge in [-0.3, -0.25) is 9.59 Å². The molecule has 33 heavy (non-hydrogen) atoms. The largest absolute Gasteiger partial charge is 0.491 e. The number of carbonyl (C=O) groups excluding carboxylic acids is 2. The van der Waals surface area contributed by atoms with Crippen LogP contribution in [-0.4, -0.2) is 44.2 Å². The number of hydrogen-bond donors (Lipinski definition) is 1. The maximum Gasteiger partial charge on any atom is 0.308 e. The van der Waals surface area contributed by atoms with Gasteiger partial charge in [-0.15, -0.1) is 0 Å². The number of carbonyl (C=O) groups is 2. The molecule has 0 saturated heterocycles. The summed E-state index contributed by atoms with van der Waals surface area (Å²) in [6.45, 7) is 9.80. The summed E-state index contributed by atoms with van der Waals surface area (Å²) in [6, 6.07) is 6.90. The number of amides is 1. The first kappa shape index (κ1) is 24.2. The zero-order valence-corrected chi connectivity index (χ0v) is 19.8. The summed E-state index contributed by atoms with van der Waals surface area (Å²) in [5.74, 6) is 0.747. The second-order valence-electron chi connectivity index (χ2n) is 8.10. The highest BCUT2D eigenvalue weighted by atomic mass is 16.5. The lowest BCUT2D eigenvalue weighted by Gasteiger charge is -2.20. The predicted molar refractivity (Wildman–Crippen MR) is 123 cm³/mol. The van der Waals surface area contributed by atoms with Gasteiger partial charge in [0, 0.05) is 17.8 Å². The van der Waals surface area contributed by atoms with E-state index in [2.05, 4.69) is 20.4 Å². The number of rotatable bonds is 10. The summed E-state index contributed by atoms with van der Waals surface area (Å²) in [5, 5.41) is 7.18. The lowest BCUT2D eigenvalue weighted by molar-refractivity contribution is -0.143. The SMILES string of the molecule is CCOC(=O)C[C@H](NC(=O)CCc1c(C)nc2ncnn2c1C)c1ccc(OC(C)C)cc1. The third-order valence-electron chi connectivity index (χ3n) is 5.26. The first-order valence-corrected chi connectivity index (χ1v) is 11.2. The molecule has 1 atom stereocenters. The zero-order valence-electron chi connectivity index (χ0n) is 19.8. The normalized spacial score (nSPS) is 12.1. The van der Waals surface area contributed by atoms with Crippen molar-refractivity contribution < 1.29 is 19.1 Å². The number of nitrogens with one attached hydrogen (secondary N) is 1. The van der Waals surface area contributed by atoms with Crippen LogP contribution in [0, 0.1) is 13.8 Å². The van der Waals surface area contributed by atoms with Gasteiger partial charge >= 0.3 is 5.97 Å². The Morgan fingerprint density at radius 2 is 1.88 bits per heavy atom. The van der Waals surface area contributed by atoms with E-state index in [0.717, 1.165) is 28.3 Å². The second kappa shape index (κ2) is 10.9. The molecule has 0 fully saturated rings. The minimum Gasteiger partial charge on any atom is -0.491 e. The molecule has 2 heterocycles. The molecule has 0 unspecified atom stereocenters. The van der Waals surface area contributed by atoms with Crippen molar-refractivity contribution in [3.8, 4) is 5.75 Å². The first-order chi connectivity index (χ1) is 15.8. The Balaban J connectivity index is 1.71. The molecule has 0 bridgehead atoms. The van der Waals surface area contributed by atoms with Gasteiger partial charge in [-0.2, -0.15) is 10.1 Å². The highest BCUT2D eigenvalue weighted by Crippen LogP contribution is 2.22. The van der Waals surface area contributed by atoms with Crippen molar-refractivity contribution in [2.75, 3.05) is 6.61 Å². The van der Waals surface area contributed by atoms with Crippen LogP contribution in [0.2, 0.25) is 0 Å². The number of nitrogens with zero attached hydrogens (tertiary/aromatic N) is 4. The Morgan fingerprint density at radius 1 is 1.15 bits per heavy atom. The van der Waals surface area contributed by atoms with Crippen LogP contribution in [0.4, 0.5) is 0 Å². The Hall–Kier alpha value is -3.49. The maximum atomic E-state index is 12.8. The second-order valence-corrected chi connectivity index (χ2v) is 8.10. The predicted octanol–water partition coefficient (Wildman–Crippen LogP) is 3.27. The lowest BCUT2D eigenvalue weighted by Crippen LogP contribution is -2.31. The molecule has 0 radical (unpaired) electrons. The molecule has 0 spiro atoms. The fourth-order valence-electron chi connectivity index (χ4n) is 3.71. The molecule has 9 heteroatoms. The molecule has 0 saturated carbocycles. The van der Waals surface area contributed by atoms with Crippen LogP contribution >= 0.6 is 0 Å². The first-order valence-electron chi connectivity index (χ1n) is 11.2. The van der Waals surface area contributed by atoms with Crippen molar-refractivity contribution in [3.63, 3.8) is 0 Å². The van der Waals surface area contributed by atoms with Crippen LogP contribution < -0.4 is 10.1 Å². The van der Waals surface area contributed by atoms with Gasteiger partial charge < -0.3 is 14.8 Å². The van der Waals surface area contributed by atoms with Gasteiger partial charge in [-0.25, -0.2) is 9.50 Å². The fourth-order valence-corrected chi connectivity index (χ4v) is 3.71. The van der Waals surface area contributed by atoms with Crippen LogP contribution in [0.25, 0.3) is 5.78 Å². The lowest BCUT2D eigenvalue weighted by atomic mass is 10.0. The maximum absolute atomic E-state index is 12.8. The molecule has 3 rings (SSSR count). The number of esters is 1. The topological polar surface area (TPSA) is 108 Å². The Labute approximate surface area is 193 Å². The van der Waals surface area contributed by atoms with Crippen LogP contribution in [-0.2, 0) is 20.7 Å². The molecule has 9 nitrogen and oxygen atoms in total. The van der Waals surface area contributed by atoms with E-state index in [1.54, 1.807) is 11.4 Å². The van der Waals surface area contributed by atoms with Crippen LogP contribution in [0.15, 0.2) is 30.6 Å². The van der Waals surface area contributed by atoms with Gasteiger partial charge in [-0.1, -0.05) is 12.1 Å². The average molecular weight is 454 g/mol. The van der Waals surface area contributed by atoms with Crippen LogP contribution in [0.5, 0.6) is 5.75 Å². The van der Waals surface area contributed by atoms with E-state index in [4.69, 9.17) is 9.47 Å². The molecule has 0 aliphatic carbocycles. The summed E-state index contributed by atoms with van der Waals surface area (Å²) in [6.07, 6.45) is 2.32. The summed E-state index contributed by atoms with van der Waals surface area (Å²) in [7, 11) is 0. The summed E-state index contributed by atoms with van der Waals surface area (Å²) < 4.78 is 12.5. The minimum atomic E-state index is -0.497. The summed E-state index contributed by atoms with van der Waals surface area (Å²) in [4.78, 5) is 33.6. The van der Waals surface area contributed by atoms with Gasteiger partial charge in [0.1, 0.15) is 12.1 Å². The number of benzene rings is 1. The standard InChI is InChI=1S/C24H31N5O4/c1-6-32-23(31)13-21(18-7-9-19(10-8-18)33-15(2)3)28-22(30)12-11-20-16(4)27-24-25-14-26-29(24)17(20)5/h7-10,14-15,21H,6,11-13H2,1-5H3,(H,28,30)/t21-/m0/s1. The number of ether oxygens (including phenoxy) is 2. The number of hydrogen-bond acceptors (Lipinski definition) is 7. The van der Waals surface area contributed by atoms with E-state index in [1.807, 2.05) is 52.0 Å². The fraction of sp³-hybridized carbons (Fsp3) is 0.458. The number of fused-ring (bicyclic) bond motifs is 1. The van der Waals surface area contributed by atoms with Gasteiger partial charge in [0.15, 0.2) is 0 Å². The van der Waals surface area contributed by atoms with Gasteiger partial charge in [0.05, 0.1) is 25.2 Å². The van der Waals surface area contributed by atoms with Crippen LogP contribution in [0.1, 0.15) is 62.2 Å². The van der Waals surface area contributed by atoms with E-state index >= 15 is 0 Å². The van der Waals surface area contributed by atoms with Crippen molar-refractivity contribution >= 4 is 17.7 Å². The van der Waals surface area contributed by atoms with Crippen molar-refractivity contribution in [2.24, 2.45) is 0 Å². The molecule has 2 aromatic heterocycles. The van der Waals surface area contributed by atoms with Crippen molar-refractivity contribution in [3.05, 3.63) is 53.1 Å². The van der Waals surface area contributed by atoms with Crippen molar-refractivity contribution in [1.82, 2.24) is 24.9 Å². The molecule has 1 amide bonds. The smallest absolute Gasteiger partial charge is 0.308 e. The van der Waals surface area contributed by atoms with Crippen molar-refractivity contribution in [2.45, 2.75) is 66.0 Å². The Bertz CT molecular complexity index is 1110. The van der Waals surface area contributed by atoms with Crippen molar-refractivity contribution in [1.29, 1.82) is 0 Å². The molecular weight excluding hydrogens is 422 g/mol. The molecule has 3 aromatic rings. The summed E-state index contributed by atoms with van der Waals surface area (Å²) >= 11 is 0. The molecular formula is C24H31N5O4. The summed E-state index contributed by atoms with van der Waals surface area (Å²) in [5.41, 5.74) is 3.50. The molecule has 0 aliphatic rings. The Morgan fingerprint density at radius 3 is 2.55 bits per heavy atom. The van der Waals surface area contributed by atoms with E-state index in [1.165, 1.54) is 6.33 Å². The van der Waals surface area contributed by atoms with Gasteiger partial charge in [-0.05, 0) is 64.3 Å².